The zero-order valence-electron chi connectivity index (χ0n) is 19.1. The highest BCUT2D eigenvalue weighted by molar-refractivity contribution is 7.14. The Morgan fingerprint density at radius 2 is 1.77 bits per heavy atom. The average Bonchev–Trinajstić information content (AvgIpc) is 3.23. The minimum absolute atomic E-state index is 0.230. The molecule has 0 aliphatic carbocycles. The molecule has 1 N–H and O–H groups in total. The summed E-state index contributed by atoms with van der Waals surface area (Å²) < 4.78 is 0.979. The van der Waals surface area contributed by atoms with E-state index in [0.717, 1.165) is 23.3 Å². The molecule has 0 bridgehead atoms. The van der Waals surface area contributed by atoms with Crippen molar-refractivity contribution in [1.29, 1.82) is 0 Å². The lowest BCUT2D eigenvalue weighted by atomic mass is 9.72. The van der Waals surface area contributed by atoms with E-state index in [-0.39, 0.29) is 5.41 Å². The highest BCUT2D eigenvalue weighted by Crippen LogP contribution is 2.44. The molecule has 0 saturated carbocycles. The van der Waals surface area contributed by atoms with Crippen molar-refractivity contribution in [3.05, 3.63) is 29.1 Å². The number of hydrogen-bond acceptors (Lipinski definition) is 4. The van der Waals surface area contributed by atoms with E-state index >= 15 is 0 Å². The third kappa shape index (κ3) is 3.59. The van der Waals surface area contributed by atoms with Crippen LogP contribution in [0.1, 0.15) is 51.5 Å². The van der Waals surface area contributed by atoms with Gasteiger partial charge in [0.15, 0.2) is 5.13 Å². The van der Waals surface area contributed by atoms with Crippen LogP contribution in [0, 0.1) is 5.41 Å². The highest BCUT2D eigenvalue weighted by Gasteiger charge is 2.39. The number of piperidine rings is 2. The van der Waals surface area contributed by atoms with Crippen LogP contribution in [0.25, 0.3) is 11.3 Å². The molecule has 2 aromatic rings. The number of nitrogens with zero attached hydrogens (tertiary/aromatic N) is 3. The zero-order valence-corrected chi connectivity index (χ0v) is 19.9. The lowest BCUT2D eigenvalue weighted by Gasteiger charge is -2.44. The van der Waals surface area contributed by atoms with E-state index < -0.39 is 0 Å². The fourth-order valence-electron chi connectivity index (χ4n) is 5.75. The first-order valence-electron chi connectivity index (χ1n) is 11.7. The molecule has 0 atom stereocenters. The van der Waals surface area contributed by atoms with Crippen molar-refractivity contribution < 1.29 is 0 Å². The number of benzene rings is 1. The van der Waals surface area contributed by atoms with Crippen molar-refractivity contribution in [2.45, 2.75) is 51.4 Å². The maximum atomic E-state index is 5.10. The number of thiazole rings is 1. The average molecular weight is 426 g/mol. The first-order chi connectivity index (χ1) is 14.3. The molecule has 5 heteroatoms. The van der Waals surface area contributed by atoms with Gasteiger partial charge in [-0.2, -0.15) is 0 Å². The quantitative estimate of drug-likeness (QED) is 0.684. The van der Waals surface area contributed by atoms with Gasteiger partial charge in [-0.1, -0.05) is 13.8 Å². The van der Waals surface area contributed by atoms with E-state index in [9.17, 15) is 0 Å². The summed E-state index contributed by atoms with van der Waals surface area (Å²) in [4.78, 5) is 7.63. The number of rotatable bonds is 2. The summed E-state index contributed by atoms with van der Waals surface area (Å²) in [6, 6.07) is 7.07. The Kier molecular flexibility index (Phi) is 4.99. The van der Waals surface area contributed by atoms with E-state index in [1.807, 2.05) is 11.3 Å². The molecule has 2 fully saturated rings. The minimum atomic E-state index is 0.230. The van der Waals surface area contributed by atoms with Crippen molar-refractivity contribution in [2.75, 3.05) is 51.7 Å². The SMILES string of the molecule is CC1(C)CC[N+](C)(C)c2ccc(-c3csc(N4CCC5(CCNCC5)CC4)n3)cc21. The maximum absolute atomic E-state index is 5.10. The van der Waals surface area contributed by atoms with Gasteiger partial charge in [0.25, 0.3) is 0 Å². The highest BCUT2D eigenvalue weighted by atomic mass is 32.1. The van der Waals surface area contributed by atoms with Crippen molar-refractivity contribution in [1.82, 2.24) is 14.8 Å². The van der Waals surface area contributed by atoms with Crippen LogP contribution in [-0.2, 0) is 5.41 Å². The molecular formula is C25H37N4S+. The van der Waals surface area contributed by atoms with Crippen LogP contribution < -0.4 is 14.7 Å². The zero-order chi connectivity index (χ0) is 21.0. The van der Waals surface area contributed by atoms with Crippen LogP contribution in [0.4, 0.5) is 10.8 Å². The molecule has 4 nitrogen and oxygen atoms in total. The summed E-state index contributed by atoms with van der Waals surface area (Å²) >= 11 is 1.82. The van der Waals surface area contributed by atoms with Crippen LogP contribution in [0.15, 0.2) is 23.6 Å². The standard InChI is InChI=1S/C25H37N4S/c1-24(2)11-16-29(3,4)22-6-5-19(17-20(22)24)21-18-30-23(27-21)28-14-9-25(10-15-28)7-12-26-13-8-25/h5-6,17-18,26H,7-16H2,1-4H3/q+1. The smallest absolute Gasteiger partial charge is 0.185 e. The van der Waals surface area contributed by atoms with E-state index in [1.54, 1.807) is 0 Å². The second-order valence-corrected chi connectivity index (χ2v) is 11.9. The molecule has 1 spiro atoms. The summed E-state index contributed by atoms with van der Waals surface area (Å²) in [5.74, 6) is 0. The third-order valence-electron chi connectivity index (χ3n) is 8.22. The number of anilines is 1. The molecule has 0 amide bonds. The van der Waals surface area contributed by atoms with Crippen LogP contribution in [0.2, 0.25) is 0 Å². The van der Waals surface area contributed by atoms with Crippen molar-refractivity contribution in [3.8, 4) is 11.3 Å². The third-order valence-corrected chi connectivity index (χ3v) is 9.12. The van der Waals surface area contributed by atoms with Gasteiger partial charge in [0, 0.05) is 47.5 Å². The topological polar surface area (TPSA) is 28.2 Å². The van der Waals surface area contributed by atoms with Crippen LogP contribution in [0.5, 0.6) is 0 Å². The molecule has 5 rings (SSSR count). The van der Waals surface area contributed by atoms with Gasteiger partial charge >= 0.3 is 0 Å². The second kappa shape index (κ2) is 7.32. The molecule has 30 heavy (non-hydrogen) atoms. The Morgan fingerprint density at radius 1 is 1.03 bits per heavy atom. The lowest BCUT2D eigenvalue weighted by Crippen LogP contribution is -2.48. The lowest BCUT2D eigenvalue weighted by molar-refractivity contribution is 0.155. The normalized spacial score (nSPS) is 24.6. The molecule has 162 valence electrons. The van der Waals surface area contributed by atoms with E-state index in [0.29, 0.717) is 5.41 Å². The minimum Gasteiger partial charge on any atom is -0.348 e. The second-order valence-electron chi connectivity index (χ2n) is 11.0. The number of hydrogen-bond donors (Lipinski definition) is 1. The Morgan fingerprint density at radius 3 is 2.50 bits per heavy atom. The van der Waals surface area contributed by atoms with E-state index in [4.69, 9.17) is 4.98 Å². The van der Waals surface area contributed by atoms with Crippen molar-refractivity contribution >= 4 is 22.2 Å². The summed E-state index contributed by atoms with van der Waals surface area (Å²) in [7, 11) is 4.67. The fraction of sp³-hybridized carbons (Fsp3) is 0.640. The molecule has 3 aliphatic rings. The first kappa shape index (κ1) is 20.5. The summed E-state index contributed by atoms with van der Waals surface area (Å²) in [6.07, 6.45) is 6.57. The number of fused-ring (bicyclic) bond motifs is 1. The van der Waals surface area contributed by atoms with Crippen molar-refractivity contribution in [2.24, 2.45) is 5.41 Å². The Hall–Kier alpha value is -1.43. The number of aromatic nitrogens is 1. The van der Waals surface area contributed by atoms with Crippen molar-refractivity contribution in [3.63, 3.8) is 0 Å². The summed E-state index contributed by atoms with van der Waals surface area (Å²) in [5, 5.41) is 7.00. The molecule has 1 aromatic carbocycles. The maximum Gasteiger partial charge on any atom is 0.185 e. The molecule has 3 aliphatic heterocycles. The predicted molar refractivity (Wildman–Crippen MR) is 130 cm³/mol. The summed E-state index contributed by atoms with van der Waals surface area (Å²) in [6.45, 7) is 10.7. The predicted octanol–water partition coefficient (Wildman–Crippen LogP) is 5.03. The molecule has 0 radical (unpaired) electrons. The molecule has 2 saturated heterocycles. The fourth-order valence-corrected chi connectivity index (χ4v) is 6.64. The first-order valence-corrected chi connectivity index (χ1v) is 12.6. The number of quaternary nitrogens is 1. The van der Waals surface area contributed by atoms with Gasteiger partial charge in [0.1, 0.15) is 5.69 Å². The van der Waals surface area contributed by atoms with Gasteiger partial charge in [-0.05, 0) is 56.3 Å². The van der Waals surface area contributed by atoms with E-state index in [1.165, 1.54) is 73.7 Å². The van der Waals surface area contributed by atoms with Gasteiger partial charge in [-0.25, -0.2) is 4.98 Å². The number of nitrogens with one attached hydrogen (secondary N) is 1. The molecule has 1 aromatic heterocycles. The van der Waals surface area contributed by atoms with E-state index in [2.05, 4.69) is 61.7 Å². The largest absolute Gasteiger partial charge is 0.348 e. The van der Waals surface area contributed by atoms with Gasteiger partial charge in [-0.3, -0.25) is 4.48 Å². The molecule has 0 unspecified atom stereocenters. The Bertz CT molecular complexity index is 913. The van der Waals surface area contributed by atoms with Crippen LogP contribution in [-0.4, -0.2) is 51.8 Å². The van der Waals surface area contributed by atoms with Gasteiger partial charge in [-0.15, -0.1) is 11.3 Å². The molecule has 4 heterocycles. The van der Waals surface area contributed by atoms with Crippen LogP contribution >= 0.6 is 11.3 Å². The Labute approximate surface area is 185 Å². The Balaban J connectivity index is 1.36. The van der Waals surface area contributed by atoms with Crippen LogP contribution in [0.3, 0.4) is 0 Å². The monoisotopic (exact) mass is 425 g/mol. The van der Waals surface area contributed by atoms with Gasteiger partial charge < -0.3 is 10.2 Å². The van der Waals surface area contributed by atoms with Gasteiger partial charge in [0.05, 0.1) is 26.3 Å². The summed E-state index contributed by atoms with van der Waals surface area (Å²) in [5.41, 5.74) is 6.21. The van der Waals surface area contributed by atoms with Gasteiger partial charge in [0.2, 0.25) is 0 Å². The molecular weight excluding hydrogens is 388 g/mol.